The molecule has 1 fully saturated rings. The minimum absolute atomic E-state index is 0.263. The summed E-state index contributed by atoms with van der Waals surface area (Å²) in [7, 11) is 1.41. The molecule has 1 aliphatic rings. The van der Waals surface area contributed by atoms with Crippen molar-refractivity contribution < 1.29 is 9.53 Å². The number of anilines is 2. The molecule has 0 bridgehead atoms. The van der Waals surface area contributed by atoms with Crippen LogP contribution in [0.5, 0.6) is 0 Å². The number of likely N-dealkylation sites (tertiary alicyclic amines) is 1. The Morgan fingerprint density at radius 1 is 1.55 bits per heavy atom. The summed E-state index contributed by atoms with van der Waals surface area (Å²) in [6.45, 7) is 3.47. The quantitative estimate of drug-likeness (QED) is 0.824. The average molecular weight is 298 g/mol. The minimum atomic E-state index is -0.263. The van der Waals surface area contributed by atoms with Gasteiger partial charge in [-0.3, -0.25) is 0 Å². The summed E-state index contributed by atoms with van der Waals surface area (Å²) in [5.41, 5.74) is 7.48. The van der Waals surface area contributed by atoms with Crippen molar-refractivity contribution in [1.29, 1.82) is 0 Å². The Bertz CT molecular complexity index is 495. The number of nitrogens with one attached hydrogen (secondary N) is 1. The Labute approximate surface area is 124 Å². The molecule has 5 nitrogen and oxygen atoms in total. The zero-order valence-corrected chi connectivity index (χ0v) is 12.5. The normalized spacial score (nSPS) is 22.4. The van der Waals surface area contributed by atoms with Gasteiger partial charge in [-0.05, 0) is 30.5 Å². The van der Waals surface area contributed by atoms with Gasteiger partial charge in [0.25, 0.3) is 0 Å². The van der Waals surface area contributed by atoms with Crippen molar-refractivity contribution in [2.75, 3.05) is 31.2 Å². The number of nitrogens with two attached hydrogens (primary N) is 1. The number of piperidine rings is 1. The smallest absolute Gasteiger partial charge is 0.409 e. The molecule has 0 radical (unpaired) electrons. The third-order valence-electron chi connectivity index (χ3n) is 3.69. The van der Waals surface area contributed by atoms with E-state index in [1.807, 2.05) is 12.1 Å². The first kappa shape index (κ1) is 14.8. The van der Waals surface area contributed by atoms with Crippen LogP contribution in [0.25, 0.3) is 0 Å². The SMILES string of the molecule is COC(=O)N1CCC(Nc2ccc(Cl)cc2N)C(C)C1. The second kappa shape index (κ2) is 6.22. The monoisotopic (exact) mass is 297 g/mol. The first-order valence-electron chi connectivity index (χ1n) is 6.65. The first-order chi connectivity index (χ1) is 9.51. The standard InChI is InChI=1S/C14H20ClN3O2/c1-9-8-18(14(19)20-2)6-5-12(9)17-13-4-3-10(15)7-11(13)16/h3-4,7,9,12,17H,5-6,8,16H2,1-2H3. The van der Waals surface area contributed by atoms with E-state index in [0.717, 1.165) is 12.1 Å². The number of halogens is 1. The molecule has 1 aliphatic heterocycles. The van der Waals surface area contributed by atoms with Crippen molar-refractivity contribution >= 4 is 29.1 Å². The number of amides is 1. The lowest BCUT2D eigenvalue weighted by molar-refractivity contribution is 0.101. The number of nitrogen functional groups attached to an aromatic ring is 1. The molecule has 3 N–H and O–H groups in total. The molecule has 110 valence electrons. The minimum Gasteiger partial charge on any atom is -0.453 e. The number of hydrogen-bond acceptors (Lipinski definition) is 4. The summed E-state index contributed by atoms with van der Waals surface area (Å²) < 4.78 is 4.76. The highest BCUT2D eigenvalue weighted by Gasteiger charge is 2.29. The number of nitrogens with zero attached hydrogens (tertiary/aromatic N) is 1. The van der Waals surface area contributed by atoms with Gasteiger partial charge in [0.05, 0.1) is 18.5 Å². The van der Waals surface area contributed by atoms with Gasteiger partial charge in [-0.1, -0.05) is 18.5 Å². The van der Waals surface area contributed by atoms with Crippen LogP contribution >= 0.6 is 11.6 Å². The predicted octanol–water partition coefficient (Wildman–Crippen LogP) is 2.81. The van der Waals surface area contributed by atoms with Crippen molar-refractivity contribution in [3.8, 4) is 0 Å². The van der Waals surface area contributed by atoms with Crippen molar-refractivity contribution in [3.05, 3.63) is 23.2 Å². The Balaban J connectivity index is 1.99. The number of carbonyl (C=O) groups is 1. The average Bonchev–Trinajstić information content (AvgIpc) is 2.42. The zero-order chi connectivity index (χ0) is 14.7. The summed E-state index contributed by atoms with van der Waals surface area (Å²) in [5.74, 6) is 0.318. The van der Waals surface area contributed by atoms with E-state index in [1.165, 1.54) is 7.11 Å². The van der Waals surface area contributed by atoms with Crippen LogP contribution in [0.1, 0.15) is 13.3 Å². The number of hydrogen-bond donors (Lipinski definition) is 2. The third kappa shape index (κ3) is 3.28. The van der Waals surface area contributed by atoms with Crippen molar-refractivity contribution in [2.45, 2.75) is 19.4 Å². The molecule has 2 atom stereocenters. The summed E-state index contributed by atoms with van der Waals surface area (Å²) in [6.07, 6.45) is 0.597. The Morgan fingerprint density at radius 3 is 2.90 bits per heavy atom. The fourth-order valence-electron chi connectivity index (χ4n) is 2.52. The molecule has 6 heteroatoms. The van der Waals surface area contributed by atoms with Crippen molar-refractivity contribution in [1.82, 2.24) is 4.90 Å². The largest absolute Gasteiger partial charge is 0.453 e. The van der Waals surface area contributed by atoms with Gasteiger partial charge in [0.1, 0.15) is 0 Å². The van der Waals surface area contributed by atoms with Gasteiger partial charge in [-0.2, -0.15) is 0 Å². The second-order valence-electron chi connectivity index (χ2n) is 5.16. The van der Waals surface area contributed by atoms with Crippen LogP contribution in [0.4, 0.5) is 16.2 Å². The molecule has 2 rings (SSSR count). The van der Waals surface area contributed by atoms with Crippen LogP contribution in [0, 0.1) is 5.92 Å². The van der Waals surface area contributed by atoms with E-state index in [-0.39, 0.29) is 12.1 Å². The maximum atomic E-state index is 11.5. The molecule has 20 heavy (non-hydrogen) atoms. The van der Waals surface area contributed by atoms with Crippen molar-refractivity contribution in [3.63, 3.8) is 0 Å². The second-order valence-corrected chi connectivity index (χ2v) is 5.60. The van der Waals surface area contributed by atoms with Gasteiger partial charge in [-0.25, -0.2) is 4.79 Å². The lowest BCUT2D eigenvalue weighted by Gasteiger charge is -2.37. The number of rotatable bonds is 2. The number of benzene rings is 1. The molecular weight excluding hydrogens is 278 g/mol. The van der Waals surface area contributed by atoms with E-state index in [2.05, 4.69) is 12.2 Å². The van der Waals surface area contributed by atoms with E-state index >= 15 is 0 Å². The molecule has 0 aromatic heterocycles. The van der Waals surface area contributed by atoms with E-state index in [1.54, 1.807) is 11.0 Å². The predicted molar refractivity (Wildman–Crippen MR) is 81.0 cm³/mol. The fraction of sp³-hybridized carbons (Fsp3) is 0.500. The van der Waals surface area contributed by atoms with E-state index in [4.69, 9.17) is 22.1 Å². The summed E-state index contributed by atoms with van der Waals surface area (Å²) in [6, 6.07) is 5.71. The summed E-state index contributed by atoms with van der Waals surface area (Å²) in [5, 5.41) is 4.07. The van der Waals surface area contributed by atoms with E-state index < -0.39 is 0 Å². The Hall–Kier alpha value is -1.62. The molecule has 0 aliphatic carbocycles. The maximum Gasteiger partial charge on any atom is 0.409 e. The van der Waals surface area contributed by atoms with Gasteiger partial charge in [0, 0.05) is 24.2 Å². The van der Waals surface area contributed by atoms with Crippen LogP contribution < -0.4 is 11.1 Å². The van der Waals surface area contributed by atoms with Gasteiger partial charge in [0.2, 0.25) is 0 Å². The van der Waals surface area contributed by atoms with Crippen LogP contribution in [0.2, 0.25) is 5.02 Å². The summed E-state index contributed by atoms with van der Waals surface area (Å²) in [4.78, 5) is 13.2. The molecule has 2 unspecified atom stereocenters. The highest BCUT2D eigenvalue weighted by Crippen LogP contribution is 2.27. The maximum absolute atomic E-state index is 11.5. The van der Waals surface area contributed by atoms with Crippen molar-refractivity contribution in [2.24, 2.45) is 5.92 Å². The first-order valence-corrected chi connectivity index (χ1v) is 7.03. The van der Waals surface area contributed by atoms with Gasteiger partial charge in [0.15, 0.2) is 0 Å². The van der Waals surface area contributed by atoms with Gasteiger partial charge >= 0.3 is 6.09 Å². The molecule has 0 spiro atoms. The van der Waals surface area contributed by atoms with E-state index in [0.29, 0.717) is 29.7 Å². The van der Waals surface area contributed by atoms with Gasteiger partial charge in [-0.15, -0.1) is 0 Å². The molecule has 1 aromatic carbocycles. The highest BCUT2D eigenvalue weighted by atomic mass is 35.5. The Morgan fingerprint density at radius 2 is 2.30 bits per heavy atom. The summed E-state index contributed by atoms with van der Waals surface area (Å²) >= 11 is 5.89. The fourth-order valence-corrected chi connectivity index (χ4v) is 2.70. The number of methoxy groups -OCH3 is 1. The zero-order valence-electron chi connectivity index (χ0n) is 11.7. The molecular formula is C14H20ClN3O2. The van der Waals surface area contributed by atoms with Gasteiger partial charge < -0.3 is 20.7 Å². The number of carbonyl (C=O) groups excluding carboxylic acids is 1. The topological polar surface area (TPSA) is 67.6 Å². The lowest BCUT2D eigenvalue weighted by Crippen LogP contribution is -2.47. The van der Waals surface area contributed by atoms with Crippen LogP contribution in [0.3, 0.4) is 0 Å². The molecule has 1 saturated heterocycles. The van der Waals surface area contributed by atoms with Crippen LogP contribution in [-0.2, 0) is 4.74 Å². The highest BCUT2D eigenvalue weighted by molar-refractivity contribution is 6.31. The molecule has 1 aromatic rings. The molecule has 1 amide bonds. The Kier molecular flexibility index (Phi) is 4.60. The third-order valence-corrected chi connectivity index (χ3v) is 3.93. The molecule has 0 saturated carbocycles. The van der Waals surface area contributed by atoms with Crippen LogP contribution in [-0.4, -0.2) is 37.2 Å². The molecule has 1 heterocycles. The number of ether oxygens (including phenoxy) is 1. The lowest BCUT2D eigenvalue weighted by atomic mass is 9.93. The van der Waals surface area contributed by atoms with E-state index in [9.17, 15) is 4.79 Å². The van der Waals surface area contributed by atoms with Crippen LogP contribution in [0.15, 0.2) is 18.2 Å².